The standard InChI is InChI=1S/C21H24N4O3/c1-3-16-20(14-7-5-4-6-8-14)21-22-17(12-19(27)25(21)23-16)15-11-18(26)24(13-15)9-10-28-2/h4-8,12,15,23H,3,9-11,13H2,1-2H3. The Morgan fingerprint density at radius 2 is 2.04 bits per heavy atom. The number of nitrogens with one attached hydrogen (secondary N) is 1. The van der Waals surface area contributed by atoms with E-state index < -0.39 is 0 Å². The molecule has 3 aromatic rings. The second-order valence-corrected chi connectivity index (χ2v) is 7.10. The molecule has 1 aliphatic rings. The molecule has 0 bridgehead atoms. The molecule has 1 aliphatic heterocycles. The zero-order valence-electron chi connectivity index (χ0n) is 16.1. The minimum Gasteiger partial charge on any atom is -0.383 e. The number of carbonyl (C=O) groups is 1. The average molecular weight is 380 g/mol. The monoisotopic (exact) mass is 380 g/mol. The van der Waals surface area contributed by atoms with Crippen LogP contribution in [0.15, 0.2) is 41.2 Å². The second-order valence-electron chi connectivity index (χ2n) is 7.10. The summed E-state index contributed by atoms with van der Waals surface area (Å²) in [4.78, 5) is 31.7. The number of fused-ring (bicyclic) bond motifs is 1. The van der Waals surface area contributed by atoms with Crippen LogP contribution in [0.25, 0.3) is 16.8 Å². The lowest BCUT2D eigenvalue weighted by molar-refractivity contribution is -0.128. The molecule has 1 aromatic carbocycles. The number of nitrogens with zero attached hydrogens (tertiary/aromatic N) is 3. The number of methoxy groups -OCH3 is 1. The van der Waals surface area contributed by atoms with E-state index in [9.17, 15) is 9.59 Å². The van der Waals surface area contributed by atoms with Crippen LogP contribution in [-0.4, -0.2) is 52.2 Å². The molecule has 0 spiro atoms. The van der Waals surface area contributed by atoms with Gasteiger partial charge in [-0.25, -0.2) is 9.50 Å². The maximum atomic E-state index is 12.8. The highest BCUT2D eigenvalue weighted by atomic mass is 16.5. The van der Waals surface area contributed by atoms with Gasteiger partial charge in [0.1, 0.15) is 0 Å². The zero-order chi connectivity index (χ0) is 19.7. The quantitative estimate of drug-likeness (QED) is 0.711. The summed E-state index contributed by atoms with van der Waals surface area (Å²) < 4.78 is 6.59. The van der Waals surface area contributed by atoms with Gasteiger partial charge in [0.2, 0.25) is 5.91 Å². The topological polar surface area (TPSA) is 79.7 Å². The maximum absolute atomic E-state index is 12.8. The van der Waals surface area contributed by atoms with E-state index in [2.05, 4.69) is 5.10 Å². The third kappa shape index (κ3) is 3.22. The van der Waals surface area contributed by atoms with Gasteiger partial charge in [0.05, 0.1) is 12.3 Å². The molecule has 7 nitrogen and oxygen atoms in total. The van der Waals surface area contributed by atoms with Crippen LogP contribution in [0.3, 0.4) is 0 Å². The minimum atomic E-state index is -0.153. The summed E-state index contributed by atoms with van der Waals surface area (Å²) in [6.07, 6.45) is 1.13. The van der Waals surface area contributed by atoms with E-state index in [1.165, 1.54) is 4.52 Å². The lowest BCUT2D eigenvalue weighted by Crippen LogP contribution is -2.28. The van der Waals surface area contributed by atoms with Gasteiger partial charge in [0.25, 0.3) is 5.56 Å². The summed E-state index contributed by atoms with van der Waals surface area (Å²) in [5, 5.41) is 3.19. The van der Waals surface area contributed by atoms with Crippen LogP contribution >= 0.6 is 0 Å². The Kier molecular flexibility index (Phi) is 5.00. The third-order valence-electron chi connectivity index (χ3n) is 5.32. The number of likely N-dealkylation sites (tertiary alicyclic amines) is 1. The van der Waals surface area contributed by atoms with E-state index >= 15 is 0 Å². The highest BCUT2D eigenvalue weighted by Gasteiger charge is 2.32. The van der Waals surface area contributed by atoms with Crippen molar-refractivity contribution in [1.82, 2.24) is 19.5 Å². The van der Waals surface area contributed by atoms with Crippen LogP contribution in [0.1, 0.15) is 30.7 Å². The van der Waals surface area contributed by atoms with Gasteiger partial charge in [-0.2, -0.15) is 0 Å². The molecule has 3 heterocycles. The van der Waals surface area contributed by atoms with Gasteiger partial charge in [0, 0.05) is 49.9 Å². The third-order valence-corrected chi connectivity index (χ3v) is 5.32. The zero-order valence-corrected chi connectivity index (χ0v) is 16.1. The molecule has 1 N–H and O–H groups in total. The molecular weight excluding hydrogens is 356 g/mol. The molecule has 0 saturated carbocycles. The number of benzene rings is 1. The molecule has 1 fully saturated rings. The fraction of sp³-hybridized carbons (Fsp3) is 0.381. The Hall–Kier alpha value is -2.93. The number of aryl methyl sites for hydroxylation is 1. The molecule has 7 heteroatoms. The van der Waals surface area contributed by atoms with Crippen molar-refractivity contribution >= 4 is 11.6 Å². The summed E-state index contributed by atoms with van der Waals surface area (Å²) in [6, 6.07) is 11.5. The Bertz CT molecular complexity index is 1050. The summed E-state index contributed by atoms with van der Waals surface area (Å²) in [5.74, 6) is 0.00121. The summed E-state index contributed by atoms with van der Waals surface area (Å²) in [7, 11) is 1.62. The molecule has 1 amide bonds. The van der Waals surface area contributed by atoms with Crippen LogP contribution < -0.4 is 5.56 Å². The summed E-state index contributed by atoms with van der Waals surface area (Å²) in [5.41, 5.74) is 4.08. The number of amides is 1. The smallest absolute Gasteiger partial charge is 0.272 e. The van der Waals surface area contributed by atoms with Gasteiger partial charge in [-0.05, 0) is 12.0 Å². The predicted molar refractivity (Wildman–Crippen MR) is 106 cm³/mol. The van der Waals surface area contributed by atoms with Crippen LogP contribution in [0.2, 0.25) is 0 Å². The maximum Gasteiger partial charge on any atom is 0.272 e. The lowest BCUT2D eigenvalue weighted by atomic mass is 10.0. The van der Waals surface area contributed by atoms with E-state index in [1.807, 2.05) is 37.3 Å². The SMILES string of the molecule is CCc1[nH]n2c(=O)cc(C3CC(=O)N(CCOC)C3)nc2c1-c1ccccc1. The summed E-state index contributed by atoms with van der Waals surface area (Å²) >= 11 is 0. The van der Waals surface area contributed by atoms with E-state index in [0.29, 0.717) is 37.5 Å². The van der Waals surface area contributed by atoms with Crippen molar-refractivity contribution in [3.05, 3.63) is 58.1 Å². The molecule has 146 valence electrons. The van der Waals surface area contributed by atoms with Gasteiger partial charge in [-0.1, -0.05) is 37.3 Å². The molecule has 1 unspecified atom stereocenters. The largest absolute Gasteiger partial charge is 0.383 e. The molecule has 0 radical (unpaired) electrons. The number of H-pyrrole nitrogens is 1. The first kappa shape index (κ1) is 18.4. The van der Waals surface area contributed by atoms with Crippen LogP contribution in [-0.2, 0) is 16.0 Å². The number of aromatic amines is 1. The van der Waals surface area contributed by atoms with Crippen molar-refractivity contribution in [3.63, 3.8) is 0 Å². The molecule has 1 atom stereocenters. The van der Waals surface area contributed by atoms with Crippen molar-refractivity contribution < 1.29 is 9.53 Å². The minimum absolute atomic E-state index is 0.0781. The molecular formula is C21H24N4O3. The number of hydrogen-bond acceptors (Lipinski definition) is 4. The van der Waals surface area contributed by atoms with Crippen molar-refractivity contribution in [2.75, 3.05) is 26.8 Å². The predicted octanol–water partition coefficient (Wildman–Crippen LogP) is 2.21. The van der Waals surface area contributed by atoms with Crippen LogP contribution in [0, 0.1) is 0 Å². The Morgan fingerprint density at radius 3 is 2.75 bits per heavy atom. The Labute approximate surface area is 162 Å². The molecule has 1 saturated heterocycles. The van der Waals surface area contributed by atoms with Gasteiger partial charge in [0.15, 0.2) is 5.65 Å². The fourth-order valence-electron chi connectivity index (χ4n) is 3.86. The summed E-state index contributed by atoms with van der Waals surface area (Å²) in [6.45, 7) is 3.68. The van der Waals surface area contributed by atoms with Crippen molar-refractivity contribution in [1.29, 1.82) is 0 Å². The van der Waals surface area contributed by atoms with Crippen molar-refractivity contribution in [2.24, 2.45) is 0 Å². The van der Waals surface area contributed by atoms with E-state index in [0.717, 1.165) is 23.2 Å². The Balaban J connectivity index is 1.78. The van der Waals surface area contributed by atoms with Gasteiger partial charge >= 0.3 is 0 Å². The van der Waals surface area contributed by atoms with E-state index in [4.69, 9.17) is 9.72 Å². The number of rotatable bonds is 6. The number of ether oxygens (including phenoxy) is 1. The molecule has 0 aliphatic carbocycles. The van der Waals surface area contributed by atoms with Crippen LogP contribution in [0.4, 0.5) is 0 Å². The van der Waals surface area contributed by atoms with Crippen molar-refractivity contribution in [3.8, 4) is 11.1 Å². The van der Waals surface area contributed by atoms with Gasteiger partial charge < -0.3 is 9.64 Å². The second kappa shape index (κ2) is 7.59. The average Bonchev–Trinajstić information content (AvgIpc) is 3.27. The van der Waals surface area contributed by atoms with Gasteiger partial charge in [-0.3, -0.25) is 14.7 Å². The van der Waals surface area contributed by atoms with E-state index in [1.54, 1.807) is 18.1 Å². The van der Waals surface area contributed by atoms with Crippen molar-refractivity contribution in [2.45, 2.75) is 25.7 Å². The molecule has 4 rings (SSSR count). The molecule has 28 heavy (non-hydrogen) atoms. The Morgan fingerprint density at radius 1 is 1.25 bits per heavy atom. The number of hydrogen-bond donors (Lipinski definition) is 1. The van der Waals surface area contributed by atoms with Gasteiger partial charge in [-0.15, -0.1) is 0 Å². The fourth-order valence-corrected chi connectivity index (χ4v) is 3.86. The highest BCUT2D eigenvalue weighted by Crippen LogP contribution is 2.30. The normalized spacial score (nSPS) is 17.0. The molecule has 2 aromatic heterocycles. The first-order valence-electron chi connectivity index (χ1n) is 9.59. The lowest BCUT2D eigenvalue weighted by Gasteiger charge is -2.15. The van der Waals surface area contributed by atoms with Crippen LogP contribution in [0.5, 0.6) is 0 Å². The first-order chi connectivity index (χ1) is 13.6. The first-order valence-corrected chi connectivity index (χ1v) is 9.59. The van der Waals surface area contributed by atoms with E-state index in [-0.39, 0.29) is 17.4 Å². The highest BCUT2D eigenvalue weighted by molar-refractivity contribution is 5.81. The number of aromatic nitrogens is 3. The number of carbonyl (C=O) groups excluding carboxylic acids is 1.